The van der Waals surface area contributed by atoms with Gasteiger partial charge in [0.2, 0.25) is 5.75 Å². The smallest absolute Gasteiger partial charge is 0.203 e. The quantitative estimate of drug-likeness (QED) is 0.506. The van der Waals surface area contributed by atoms with Crippen LogP contribution in [0, 0.1) is 0 Å². The van der Waals surface area contributed by atoms with E-state index in [1.54, 1.807) is 28.4 Å². The maximum atomic E-state index is 8.91. The zero-order valence-electron chi connectivity index (χ0n) is 16.2. The molecule has 0 saturated heterocycles. The molecule has 0 unspecified atom stereocenters. The average Bonchev–Trinajstić information content (AvgIpc) is 2.71. The van der Waals surface area contributed by atoms with E-state index in [9.17, 15) is 0 Å². The van der Waals surface area contributed by atoms with Crippen LogP contribution in [0.2, 0.25) is 0 Å². The van der Waals surface area contributed by atoms with Gasteiger partial charge in [-0.05, 0) is 35.4 Å². The van der Waals surface area contributed by atoms with Crippen molar-refractivity contribution in [2.45, 2.75) is 6.42 Å². The molecular formula is C21H26O6. The lowest BCUT2D eigenvalue weighted by Gasteiger charge is -2.13. The number of aliphatic hydroxyl groups excluding tert-OH is 1. The van der Waals surface area contributed by atoms with Crippen molar-refractivity contribution in [3.63, 3.8) is 0 Å². The summed E-state index contributed by atoms with van der Waals surface area (Å²) < 4.78 is 27.1. The summed E-state index contributed by atoms with van der Waals surface area (Å²) in [6.07, 6.45) is 4.47. The Hall–Kier alpha value is -2.86. The Morgan fingerprint density at radius 1 is 0.741 bits per heavy atom. The number of rotatable bonds is 10. The van der Waals surface area contributed by atoms with E-state index in [2.05, 4.69) is 0 Å². The van der Waals surface area contributed by atoms with Gasteiger partial charge >= 0.3 is 0 Å². The van der Waals surface area contributed by atoms with Crippen molar-refractivity contribution >= 4 is 12.2 Å². The van der Waals surface area contributed by atoms with Crippen molar-refractivity contribution in [2.24, 2.45) is 0 Å². The van der Waals surface area contributed by atoms with Crippen LogP contribution in [0.5, 0.6) is 28.7 Å². The molecule has 0 bridgehead atoms. The van der Waals surface area contributed by atoms with Gasteiger partial charge in [0.25, 0.3) is 0 Å². The predicted molar refractivity (Wildman–Crippen MR) is 105 cm³/mol. The average molecular weight is 374 g/mol. The minimum Gasteiger partial charge on any atom is -0.493 e. The molecular weight excluding hydrogens is 348 g/mol. The molecule has 0 fully saturated rings. The number of ether oxygens (including phenoxy) is 5. The Kier molecular flexibility index (Phi) is 7.82. The second-order valence-electron chi connectivity index (χ2n) is 5.63. The molecule has 0 radical (unpaired) electrons. The molecule has 0 aromatic heterocycles. The number of aliphatic hydroxyl groups is 1. The van der Waals surface area contributed by atoms with E-state index >= 15 is 0 Å². The number of hydrogen-bond acceptors (Lipinski definition) is 6. The molecule has 0 aliphatic rings. The second-order valence-corrected chi connectivity index (χ2v) is 5.63. The van der Waals surface area contributed by atoms with E-state index in [-0.39, 0.29) is 6.61 Å². The van der Waals surface area contributed by atoms with Gasteiger partial charge in [-0.15, -0.1) is 0 Å². The first-order valence-electron chi connectivity index (χ1n) is 8.56. The lowest BCUT2D eigenvalue weighted by molar-refractivity contribution is 0.228. The summed E-state index contributed by atoms with van der Waals surface area (Å²) in [4.78, 5) is 0. The van der Waals surface area contributed by atoms with Crippen LogP contribution < -0.4 is 23.7 Å². The van der Waals surface area contributed by atoms with Crippen LogP contribution in [0.25, 0.3) is 12.2 Å². The van der Waals surface area contributed by atoms with Gasteiger partial charge in [-0.2, -0.15) is 0 Å². The summed E-state index contributed by atoms with van der Waals surface area (Å²) in [6.45, 7) is 0.510. The maximum Gasteiger partial charge on any atom is 0.203 e. The van der Waals surface area contributed by atoms with Gasteiger partial charge in [-0.3, -0.25) is 0 Å². The normalized spacial score (nSPS) is 10.7. The molecule has 6 nitrogen and oxygen atoms in total. The first kappa shape index (κ1) is 20.5. The van der Waals surface area contributed by atoms with Crippen LogP contribution in [0.1, 0.15) is 17.5 Å². The van der Waals surface area contributed by atoms with Gasteiger partial charge in [0.1, 0.15) is 0 Å². The van der Waals surface area contributed by atoms with E-state index in [1.807, 2.05) is 42.5 Å². The van der Waals surface area contributed by atoms with Gasteiger partial charge in [0.15, 0.2) is 23.0 Å². The van der Waals surface area contributed by atoms with Crippen molar-refractivity contribution in [1.82, 2.24) is 0 Å². The third-order valence-electron chi connectivity index (χ3n) is 3.90. The summed E-state index contributed by atoms with van der Waals surface area (Å²) in [6, 6.07) is 9.43. The Labute approximate surface area is 159 Å². The Morgan fingerprint density at radius 2 is 1.33 bits per heavy atom. The first-order valence-corrected chi connectivity index (χ1v) is 8.56. The highest BCUT2D eigenvalue weighted by atomic mass is 16.5. The minimum atomic E-state index is 0.0864. The molecule has 0 aliphatic carbocycles. The summed E-state index contributed by atoms with van der Waals surface area (Å²) >= 11 is 0. The topological polar surface area (TPSA) is 66.4 Å². The van der Waals surface area contributed by atoms with E-state index in [1.165, 1.54) is 0 Å². The largest absolute Gasteiger partial charge is 0.493 e. The molecule has 1 N–H and O–H groups in total. The second kappa shape index (κ2) is 10.3. The minimum absolute atomic E-state index is 0.0864. The molecule has 0 aliphatic heterocycles. The highest BCUT2D eigenvalue weighted by Gasteiger charge is 2.12. The fourth-order valence-corrected chi connectivity index (χ4v) is 2.55. The Bertz CT molecular complexity index is 744. The summed E-state index contributed by atoms with van der Waals surface area (Å²) in [5, 5.41) is 8.91. The predicted octanol–water partition coefficient (Wildman–Crippen LogP) is 3.65. The van der Waals surface area contributed by atoms with Crippen molar-refractivity contribution in [3.8, 4) is 28.7 Å². The van der Waals surface area contributed by atoms with Gasteiger partial charge in [-0.1, -0.05) is 18.2 Å². The lowest BCUT2D eigenvalue weighted by atomic mass is 10.1. The number of benzene rings is 2. The van der Waals surface area contributed by atoms with Crippen LogP contribution in [-0.2, 0) is 0 Å². The van der Waals surface area contributed by atoms with Crippen molar-refractivity contribution in [3.05, 3.63) is 41.5 Å². The van der Waals surface area contributed by atoms with Crippen molar-refractivity contribution < 1.29 is 28.8 Å². The van der Waals surface area contributed by atoms with Crippen molar-refractivity contribution in [2.75, 3.05) is 41.7 Å². The van der Waals surface area contributed by atoms with E-state index in [4.69, 9.17) is 28.8 Å². The number of methoxy groups -OCH3 is 4. The molecule has 2 rings (SSSR count). The Balaban J connectivity index is 2.28. The van der Waals surface area contributed by atoms with E-state index < -0.39 is 0 Å². The van der Waals surface area contributed by atoms with Gasteiger partial charge in [-0.25, -0.2) is 0 Å². The van der Waals surface area contributed by atoms with Crippen LogP contribution in [0.15, 0.2) is 30.3 Å². The maximum absolute atomic E-state index is 8.91. The van der Waals surface area contributed by atoms with Crippen LogP contribution >= 0.6 is 0 Å². The van der Waals surface area contributed by atoms with Crippen LogP contribution in [0.4, 0.5) is 0 Å². The fourth-order valence-electron chi connectivity index (χ4n) is 2.55. The van der Waals surface area contributed by atoms with E-state index in [0.29, 0.717) is 41.8 Å². The van der Waals surface area contributed by atoms with Gasteiger partial charge in [0, 0.05) is 13.0 Å². The Morgan fingerprint density at radius 3 is 1.89 bits per heavy atom. The molecule has 146 valence electrons. The van der Waals surface area contributed by atoms with Gasteiger partial charge in [0.05, 0.1) is 35.0 Å². The molecule has 2 aromatic carbocycles. The molecule has 2 aromatic rings. The fraction of sp³-hybridized carbons (Fsp3) is 0.333. The standard InChI is InChI=1S/C21H26O6/c1-23-17-9-8-15(12-18(17)27-11-5-10-22)6-7-16-13-19(24-2)21(26-4)20(14-16)25-3/h6-9,12-14,22H,5,10-11H2,1-4H3/b7-6-. The molecule has 0 heterocycles. The van der Waals surface area contributed by atoms with Gasteiger partial charge < -0.3 is 28.8 Å². The molecule has 0 spiro atoms. The highest BCUT2D eigenvalue weighted by molar-refractivity contribution is 5.73. The summed E-state index contributed by atoms with van der Waals surface area (Å²) in [5.41, 5.74) is 1.85. The SMILES string of the molecule is COc1ccc(/C=C\c2cc(OC)c(OC)c(OC)c2)cc1OCCCO. The van der Waals surface area contributed by atoms with Crippen LogP contribution in [0.3, 0.4) is 0 Å². The first-order chi connectivity index (χ1) is 13.2. The number of hydrogen-bond donors (Lipinski definition) is 1. The summed E-state index contributed by atoms with van der Waals surface area (Å²) in [7, 11) is 6.35. The summed E-state index contributed by atoms with van der Waals surface area (Å²) in [5.74, 6) is 3.04. The zero-order valence-corrected chi connectivity index (χ0v) is 16.2. The molecule has 0 atom stereocenters. The molecule has 0 saturated carbocycles. The van der Waals surface area contributed by atoms with E-state index in [0.717, 1.165) is 11.1 Å². The lowest BCUT2D eigenvalue weighted by Crippen LogP contribution is -2.01. The third-order valence-corrected chi connectivity index (χ3v) is 3.90. The molecule has 27 heavy (non-hydrogen) atoms. The molecule has 0 amide bonds. The molecule has 6 heteroatoms. The van der Waals surface area contributed by atoms with Crippen molar-refractivity contribution in [1.29, 1.82) is 0 Å². The monoisotopic (exact) mass is 374 g/mol. The third kappa shape index (κ3) is 5.31. The van der Waals surface area contributed by atoms with Crippen LogP contribution in [-0.4, -0.2) is 46.8 Å². The zero-order chi connectivity index (χ0) is 19.6. The highest BCUT2D eigenvalue weighted by Crippen LogP contribution is 2.38.